The molecule has 19 heavy (non-hydrogen) atoms. The SMILES string of the molecule is CC(C)c1ccc(C(N)c2cccc(F)c2Br)cc1. The van der Waals surface area contributed by atoms with Gasteiger partial charge in [0.1, 0.15) is 5.82 Å². The Bertz CT molecular complexity index is 563. The smallest absolute Gasteiger partial charge is 0.137 e. The van der Waals surface area contributed by atoms with Gasteiger partial charge in [-0.05, 0) is 44.6 Å². The lowest BCUT2D eigenvalue weighted by Crippen LogP contribution is -2.13. The van der Waals surface area contributed by atoms with Crippen molar-refractivity contribution in [2.24, 2.45) is 5.73 Å². The summed E-state index contributed by atoms with van der Waals surface area (Å²) in [6.45, 7) is 4.30. The summed E-state index contributed by atoms with van der Waals surface area (Å²) in [4.78, 5) is 0. The maximum Gasteiger partial charge on any atom is 0.137 e. The van der Waals surface area contributed by atoms with Crippen molar-refractivity contribution in [2.45, 2.75) is 25.8 Å². The second-order valence-corrected chi connectivity index (χ2v) is 5.74. The van der Waals surface area contributed by atoms with E-state index in [2.05, 4.69) is 41.9 Å². The van der Waals surface area contributed by atoms with Crippen LogP contribution in [0, 0.1) is 5.82 Å². The van der Waals surface area contributed by atoms with Crippen LogP contribution in [0.15, 0.2) is 46.9 Å². The molecule has 2 aromatic rings. The van der Waals surface area contributed by atoms with Crippen molar-refractivity contribution in [2.75, 3.05) is 0 Å². The second kappa shape index (κ2) is 5.85. The molecule has 0 fully saturated rings. The van der Waals surface area contributed by atoms with Crippen molar-refractivity contribution >= 4 is 15.9 Å². The highest BCUT2D eigenvalue weighted by atomic mass is 79.9. The maximum atomic E-state index is 13.5. The van der Waals surface area contributed by atoms with Gasteiger partial charge >= 0.3 is 0 Å². The lowest BCUT2D eigenvalue weighted by molar-refractivity contribution is 0.616. The van der Waals surface area contributed by atoms with E-state index in [1.807, 2.05) is 18.2 Å². The number of benzene rings is 2. The summed E-state index contributed by atoms with van der Waals surface area (Å²) in [5.41, 5.74) is 9.23. The lowest BCUT2D eigenvalue weighted by atomic mass is 9.96. The van der Waals surface area contributed by atoms with Crippen LogP contribution in [0.4, 0.5) is 4.39 Å². The van der Waals surface area contributed by atoms with Crippen molar-refractivity contribution in [3.63, 3.8) is 0 Å². The molecule has 0 saturated heterocycles. The highest BCUT2D eigenvalue weighted by Crippen LogP contribution is 2.29. The molecule has 2 rings (SSSR count). The molecule has 0 saturated carbocycles. The molecular formula is C16H17BrFN. The third-order valence-electron chi connectivity index (χ3n) is 3.28. The van der Waals surface area contributed by atoms with E-state index in [4.69, 9.17) is 5.73 Å². The van der Waals surface area contributed by atoms with Gasteiger partial charge in [0, 0.05) is 0 Å². The summed E-state index contributed by atoms with van der Waals surface area (Å²) in [5.74, 6) is 0.206. The Morgan fingerprint density at radius 1 is 1.00 bits per heavy atom. The van der Waals surface area contributed by atoms with Gasteiger partial charge < -0.3 is 5.73 Å². The van der Waals surface area contributed by atoms with Crippen LogP contribution in [0.5, 0.6) is 0 Å². The monoisotopic (exact) mass is 321 g/mol. The molecule has 1 unspecified atom stereocenters. The van der Waals surface area contributed by atoms with Crippen LogP contribution in [0.2, 0.25) is 0 Å². The molecule has 100 valence electrons. The molecule has 1 atom stereocenters. The molecule has 2 aromatic carbocycles. The second-order valence-electron chi connectivity index (χ2n) is 4.94. The van der Waals surface area contributed by atoms with Crippen molar-refractivity contribution in [3.05, 3.63) is 69.4 Å². The zero-order chi connectivity index (χ0) is 14.0. The molecule has 0 heterocycles. The highest BCUT2D eigenvalue weighted by molar-refractivity contribution is 9.10. The van der Waals surface area contributed by atoms with E-state index in [-0.39, 0.29) is 11.9 Å². The van der Waals surface area contributed by atoms with E-state index >= 15 is 0 Å². The maximum absolute atomic E-state index is 13.5. The minimum Gasteiger partial charge on any atom is -0.320 e. The summed E-state index contributed by atoms with van der Waals surface area (Å²) in [5, 5.41) is 0. The number of halogens is 2. The number of nitrogens with two attached hydrogens (primary N) is 1. The first-order valence-electron chi connectivity index (χ1n) is 6.30. The fourth-order valence-electron chi connectivity index (χ4n) is 2.03. The zero-order valence-electron chi connectivity index (χ0n) is 11.0. The summed E-state index contributed by atoms with van der Waals surface area (Å²) in [6, 6.07) is 12.8. The first kappa shape index (κ1) is 14.2. The van der Waals surface area contributed by atoms with E-state index < -0.39 is 0 Å². The van der Waals surface area contributed by atoms with Gasteiger partial charge in [-0.25, -0.2) is 4.39 Å². The first-order valence-corrected chi connectivity index (χ1v) is 7.09. The predicted molar refractivity (Wildman–Crippen MR) is 80.7 cm³/mol. The molecule has 0 aliphatic rings. The molecule has 0 amide bonds. The fraction of sp³-hybridized carbons (Fsp3) is 0.250. The Morgan fingerprint density at radius 3 is 2.16 bits per heavy atom. The molecule has 0 bridgehead atoms. The van der Waals surface area contributed by atoms with Crippen LogP contribution >= 0.6 is 15.9 Å². The van der Waals surface area contributed by atoms with E-state index in [1.165, 1.54) is 11.6 Å². The van der Waals surface area contributed by atoms with Crippen LogP contribution in [0.25, 0.3) is 0 Å². The summed E-state index contributed by atoms with van der Waals surface area (Å²) in [6.07, 6.45) is 0. The van der Waals surface area contributed by atoms with E-state index in [0.717, 1.165) is 11.1 Å². The van der Waals surface area contributed by atoms with Crippen LogP contribution in [0.3, 0.4) is 0 Å². The summed E-state index contributed by atoms with van der Waals surface area (Å²) < 4.78 is 14.0. The molecule has 3 heteroatoms. The summed E-state index contributed by atoms with van der Waals surface area (Å²) in [7, 11) is 0. The van der Waals surface area contributed by atoms with E-state index in [1.54, 1.807) is 6.07 Å². The Hall–Kier alpha value is -1.19. The topological polar surface area (TPSA) is 26.0 Å². The Kier molecular flexibility index (Phi) is 4.38. The minimum atomic E-state index is -0.328. The summed E-state index contributed by atoms with van der Waals surface area (Å²) >= 11 is 3.26. The van der Waals surface area contributed by atoms with Gasteiger partial charge in [-0.3, -0.25) is 0 Å². The van der Waals surface area contributed by atoms with Crippen LogP contribution in [-0.4, -0.2) is 0 Å². The molecule has 0 aliphatic heterocycles. The first-order chi connectivity index (χ1) is 9.00. The van der Waals surface area contributed by atoms with Gasteiger partial charge in [0.15, 0.2) is 0 Å². The zero-order valence-corrected chi connectivity index (χ0v) is 12.6. The lowest BCUT2D eigenvalue weighted by Gasteiger charge is -2.16. The average molecular weight is 322 g/mol. The number of hydrogen-bond donors (Lipinski definition) is 1. The molecule has 2 N–H and O–H groups in total. The number of rotatable bonds is 3. The molecule has 0 spiro atoms. The Labute approximate surface area is 121 Å². The predicted octanol–water partition coefficient (Wildman–Crippen LogP) is 4.76. The molecular weight excluding hydrogens is 305 g/mol. The van der Waals surface area contributed by atoms with Gasteiger partial charge in [0.05, 0.1) is 10.5 Å². The normalized spacial score (nSPS) is 12.7. The minimum absolute atomic E-state index is 0.285. The van der Waals surface area contributed by atoms with Crippen LogP contribution in [0.1, 0.15) is 42.5 Å². The highest BCUT2D eigenvalue weighted by Gasteiger charge is 2.14. The molecule has 0 aliphatic carbocycles. The van der Waals surface area contributed by atoms with E-state index in [0.29, 0.717) is 10.4 Å². The molecule has 0 radical (unpaired) electrons. The van der Waals surface area contributed by atoms with Crippen LogP contribution < -0.4 is 5.73 Å². The van der Waals surface area contributed by atoms with Crippen molar-refractivity contribution in [3.8, 4) is 0 Å². The molecule has 1 nitrogen and oxygen atoms in total. The average Bonchev–Trinajstić information content (AvgIpc) is 2.41. The van der Waals surface area contributed by atoms with Gasteiger partial charge in [-0.1, -0.05) is 50.2 Å². The third kappa shape index (κ3) is 3.04. The van der Waals surface area contributed by atoms with Gasteiger partial charge in [0.2, 0.25) is 0 Å². The van der Waals surface area contributed by atoms with Crippen LogP contribution in [-0.2, 0) is 0 Å². The van der Waals surface area contributed by atoms with Gasteiger partial charge in [0.25, 0.3) is 0 Å². The fourth-order valence-corrected chi connectivity index (χ4v) is 2.54. The van der Waals surface area contributed by atoms with Crippen molar-refractivity contribution < 1.29 is 4.39 Å². The van der Waals surface area contributed by atoms with E-state index in [9.17, 15) is 4.39 Å². The van der Waals surface area contributed by atoms with Gasteiger partial charge in [-0.15, -0.1) is 0 Å². The largest absolute Gasteiger partial charge is 0.320 e. The van der Waals surface area contributed by atoms with Crippen molar-refractivity contribution in [1.29, 1.82) is 0 Å². The quantitative estimate of drug-likeness (QED) is 0.866. The standard InChI is InChI=1S/C16H17BrFN/c1-10(2)11-6-8-12(9-7-11)16(19)13-4-3-5-14(18)15(13)17/h3-10,16H,19H2,1-2H3. The number of hydrogen-bond acceptors (Lipinski definition) is 1. The third-order valence-corrected chi connectivity index (χ3v) is 4.12. The Morgan fingerprint density at radius 2 is 1.58 bits per heavy atom. The molecule has 0 aromatic heterocycles. The van der Waals surface area contributed by atoms with Crippen molar-refractivity contribution in [1.82, 2.24) is 0 Å². The van der Waals surface area contributed by atoms with Gasteiger partial charge in [-0.2, -0.15) is 0 Å². The Balaban J connectivity index is 2.33.